The molecular weight excluding hydrogens is 258 g/mol. The van der Waals surface area contributed by atoms with Crippen molar-refractivity contribution in [3.8, 4) is 0 Å². The first kappa shape index (κ1) is 15.7. The molecule has 112 valence electrons. The maximum absolute atomic E-state index is 5.77. The number of rotatable bonds is 8. The highest BCUT2D eigenvalue weighted by atomic mass is 16.5. The van der Waals surface area contributed by atoms with Gasteiger partial charge in [-0.15, -0.1) is 0 Å². The Kier molecular flexibility index (Phi) is 6.45. The molecule has 0 spiro atoms. The molecule has 1 N–H and O–H groups in total. The highest BCUT2D eigenvalue weighted by Gasteiger charge is 1.99. The second-order valence-corrected chi connectivity index (χ2v) is 5.50. The van der Waals surface area contributed by atoms with Crippen molar-refractivity contribution in [3.05, 3.63) is 70.8 Å². The normalized spacial score (nSPS) is 10.8. The molecule has 2 rings (SSSR count). The van der Waals surface area contributed by atoms with Gasteiger partial charge in [0.25, 0.3) is 0 Å². The molecule has 21 heavy (non-hydrogen) atoms. The number of ether oxygens (including phenoxy) is 1. The van der Waals surface area contributed by atoms with Gasteiger partial charge in [-0.05, 0) is 43.5 Å². The fourth-order valence-electron chi connectivity index (χ4n) is 2.27. The van der Waals surface area contributed by atoms with Crippen molar-refractivity contribution in [2.24, 2.45) is 0 Å². The molecular formula is C19H25NO. The first-order valence-electron chi connectivity index (χ1n) is 7.64. The Morgan fingerprint density at radius 1 is 1.00 bits per heavy atom. The Balaban J connectivity index is 1.57. The lowest BCUT2D eigenvalue weighted by Gasteiger charge is -2.09. The van der Waals surface area contributed by atoms with E-state index in [0.29, 0.717) is 6.61 Å². The highest BCUT2D eigenvalue weighted by molar-refractivity contribution is 5.29. The third kappa shape index (κ3) is 5.70. The Morgan fingerprint density at radius 2 is 1.81 bits per heavy atom. The van der Waals surface area contributed by atoms with Gasteiger partial charge in [0.2, 0.25) is 0 Å². The Hall–Kier alpha value is -1.64. The van der Waals surface area contributed by atoms with Gasteiger partial charge in [0, 0.05) is 13.2 Å². The second kappa shape index (κ2) is 8.60. The summed E-state index contributed by atoms with van der Waals surface area (Å²) in [4.78, 5) is 0. The van der Waals surface area contributed by atoms with E-state index in [1.807, 2.05) is 6.07 Å². The number of hydrogen-bond donors (Lipinski definition) is 1. The average molecular weight is 283 g/mol. The minimum atomic E-state index is 0.714. The number of hydrogen-bond acceptors (Lipinski definition) is 2. The van der Waals surface area contributed by atoms with Gasteiger partial charge in [0.15, 0.2) is 0 Å². The Morgan fingerprint density at radius 3 is 2.62 bits per heavy atom. The first-order chi connectivity index (χ1) is 10.3. The zero-order valence-corrected chi connectivity index (χ0v) is 13.1. The number of aryl methyl sites for hydroxylation is 2. The molecule has 2 heteroatoms. The van der Waals surface area contributed by atoms with Crippen LogP contribution in [0.15, 0.2) is 48.5 Å². The molecule has 0 amide bonds. The summed E-state index contributed by atoms with van der Waals surface area (Å²) in [6.07, 6.45) is 1.04. The van der Waals surface area contributed by atoms with Crippen molar-refractivity contribution in [2.75, 3.05) is 13.2 Å². The van der Waals surface area contributed by atoms with Crippen LogP contribution in [0.5, 0.6) is 0 Å². The summed E-state index contributed by atoms with van der Waals surface area (Å²) in [7, 11) is 0. The highest BCUT2D eigenvalue weighted by Crippen LogP contribution is 2.11. The zero-order chi connectivity index (χ0) is 14.9. The zero-order valence-electron chi connectivity index (χ0n) is 13.1. The van der Waals surface area contributed by atoms with Crippen LogP contribution in [-0.4, -0.2) is 13.2 Å². The van der Waals surface area contributed by atoms with Gasteiger partial charge in [0.05, 0.1) is 6.61 Å². The van der Waals surface area contributed by atoms with E-state index < -0.39 is 0 Å². The third-order valence-electron chi connectivity index (χ3n) is 3.58. The van der Waals surface area contributed by atoms with E-state index in [1.54, 1.807) is 0 Å². The largest absolute Gasteiger partial charge is 0.377 e. The Labute approximate surface area is 128 Å². The molecule has 0 aliphatic heterocycles. The lowest BCUT2D eigenvalue weighted by Crippen LogP contribution is -2.16. The first-order valence-corrected chi connectivity index (χ1v) is 7.64. The number of benzene rings is 2. The van der Waals surface area contributed by atoms with Gasteiger partial charge < -0.3 is 10.1 Å². The molecule has 0 unspecified atom stereocenters. The predicted molar refractivity (Wildman–Crippen MR) is 88.3 cm³/mol. The lowest BCUT2D eigenvalue weighted by molar-refractivity contribution is 0.118. The molecule has 0 radical (unpaired) electrons. The minimum absolute atomic E-state index is 0.714. The van der Waals surface area contributed by atoms with Crippen LogP contribution in [-0.2, 0) is 17.9 Å². The summed E-state index contributed by atoms with van der Waals surface area (Å²) in [6.45, 7) is 7.69. The van der Waals surface area contributed by atoms with Crippen LogP contribution < -0.4 is 5.32 Å². The third-order valence-corrected chi connectivity index (χ3v) is 3.58. The van der Waals surface area contributed by atoms with Gasteiger partial charge in [-0.2, -0.15) is 0 Å². The molecule has 0 fully saturated rings. The minimum Gasteiger partial charge on any atom is -0.377 e. The second-order valence-electron chi connectivity index (χ2n) is 5.50. The van der Waals surface area contributed by atoms with E-state index in [4.69, 9.17) is 4.74 Å². The van der Waals surface area contributed by atoms with Crippen molar-refractivity contribution in [1.29, 1.82) is 0 Å². The summed E-state index contributed by atoms with van der Waals surface area (Å²) in [6, 6.07) is 17.0. The molecule has 0 saturated carbocycles. The van der Waals surface area contributed by atoms with Crippen molar-refractivity contribution in [3.63, 3.8) is 0 Å². The van der Waals surface area contributed by atoms with Crippen LogP contribution in [0.4, 0.5) is 0 Å². The van der Waals surface area contributed by atoms with Crippen LogP contribution in [0, 0.1) is 13.8 Å². The number of nitrogens with one attached hydrogen (secondary N) is 1. The van der Waals surface area contributed by atoms with Gasteiger partial charge in [-0.25, -0.2) is 0 Å². The maximum atomic E-state index is 5.77. The molecule has 0 atom stereocenters. The van der Waals surface area contributed by atoms with Crippen molar-refractivity contribution in [2.45, 2.75) is 33.4 Å². The van der Waals surface area contributed by atoms with E-state index in [9.17, 15) is 0 Å². The van der Waals surface area contributed by atoms with Crippen LogP contribution in [0.25, 0.3) is 0 Å². The molecule has 0 aliphatic carbocycles. The van der Waals surface area contributed by atoms with Gasteiger partial charge in [0.1, 0.15) is 0 Å². The standard InChI is InChI=1S/C19H25NO/c1-16-9-10-17(2)19(13-16)15-21-12-6-11-20-14-18-7-4-3-5-8-18/h3-5,7-10,13,20H,6,11-12,14-15H2,1-2H3. The average Bonchev–Trinajstić information content (AvgIpc) is 2.50. The van der Waals surface area contributed by atoms with Crippen molar-refractivity contribution < 1.29 is 4.74 Å². The molecule has 2 aromatic rings. The van der Waals surface area contributed by atoms with E-state index in [2.05, 4.69) is 61.6 Å². The van der Waals surface area contributed by atoms with Gasteiger partial charge >= 0.3 is 0 Å². The van der Waals surface area contributed by atoms with E-state index >= 15 is 0 Å². The Bertz CT molecular complexity index is 537. The molecule has 0 bridgehead atoms. The summed E-state index contributed by atoms with van der Waals surface area (Å²) in [5.74, 6) is 0. The fraction of sp³-hybridized carbons (Fsp3) is 0.368. The monoisotopic (exact) mass is 283 g/mol. The van der Waals surface area contributed by atoms with E-state index in [0.717, 1.165) is 26.1 Å². The van der Waals surface area contributed by atoms with Crippen molar-refractivity contribution in [1.82, 2.24) is 5.32 Å². The summed E-state index contributed by atoms with van der Waals surface area (Å²) >= 11 is 0. The van der Waals surface area contributed by atoms with Crippen LogP contribution in [0.1, 0.15) is 28.7 Å². The van der Waals surface area contributed by atoms with Gasteiger partial charge in [-0.3, -0.25) is 0 Å². The quantitative estimate of drug-likeness (QED) is 0.739. The van der Waals surface area contributed by atoms with Crippen LogP contribution >= 0.6 is 0 Å². The summed E-state index contributed by atoms with van der Waals surface area (Å²) in [5.41, 5.74) is 5.23. The van der Waals surface area contributed by atoms with E-state index in [1.165, 1.54) is 22.3 Å². The van der Waals surface area contributed by atoms with Gasteiger partial charge in [-0.1, -0.05) is 54.1 Å². The molecule has 2 nitrogen and oxygen atoms in total. The predicted octanol–water partition coefficient (Wildman–Crippen LogP) is 4.00. The molecule has 0 saturated heterocycles. The molecule has 2 aromatic carbocycles. The lowest BCUT2D eigenvalue weighted by atomic mass is 10.1. The summed E-state index contributed by atoms with van der Waals surface area (Å²) in [5, 5.41) is 3.44. The SMILES string of the molecule is Cc1ccc(C)c(COCCCNCc2ccccc2)c1. The van der Waals surface area contributed by atoms with Crippen molar-refractivity contribution >= 4 is 0 Å². The molecule has 0 aliphatic rings. The fourth-order valence-corrected chi connectivity index (χ4v) is 2.27. The van der Waals surface area contributed by atoms with Crippen LogP contribution in [0.3, 0.4) is 0 Å². The van der Waals surface area contributed by atoms with Crippen LogP contribution in [0.2, 0.25) is 0 Å². The topological polar surface area (TPSA) is 21.3 Å². The molecule has 0 aromatic heterocycles. The summed E-state index contributed by atoms with van der Waals surface area (Å²) < 4.78 is 5.77. The maximum Gasteiger partial charge on any atom is 0.0719 e. The smallest absolute Gasteiger partial charge is 0.0719 e. The molecule has 0 heterocycles. The van der Waals surface area contributed by atoms with E-state index in [-0.39, 0.29) is 0 Å².